The van der Waals surface area contributed by atoms with Gasteiger partial charge in [0.2, 0.25) is 11.1 Å². The highest BCUT2D eigenvalue weighted by Crippen LogP contribution is 2.32. The zero-order valence-electron chi connectivity index (χ0n) is 16.6. The lowest BCUT2D eigenvalue weighted by Gasteiger charge is -2.19. The van der Waals surface area contributed by atoms with Gasteiger partial charge in [-0.05, 0) is 29.7 Å². The third-order valence-corrected chi connectivity index (χ3v) is 5.80. The number of methoxy groups -OCH3 is 1. The Morgan fingerprint density at radius 3 is 2.72 bits per heavy atom. The van der Waals surface area contributed by atoms with Crippen LogP contribution in [-0.2, 0) is 11.3 Å². The summed E-state index contributed by atoms with van der Waals surface area (Å²) >= 11 is 1.29. The van der Waals surface area contributed by atoms with E-state index in [1.165, 1.54) is 16.4 Å². The van der Waals surface area contributed by atoms with Crippen molar-refractivity contribution in [3.05, 3.63) is 54.4 Å². The van der Waals surface area contributed by atoms with E-state index >= 15 is 0 Å². The number of ether oxygens (including phenoxy) is 1. The number of amides is 1. The molecular formula is C20H24N6O2S. The standard InChI is InChI=1S/C20H24N6O2S/c1-13(2)17(19(27)23-12-14-7-6-10-22-11-14)29-20-25-24-18(26(20)21)15-8-4-5-9-16(15)28-3/h4-11,13,17H,12,21H2,1-3H3,(H,23,27). The first-order valence-corrected chi connectivity index (χ1v) is 10.1. The van der Waals surface area contributed by atoms with E-state index in [1.54, 1.807) is 19.5 Å². The maximum atomic E-state index is 12.8. The van der Waals surface area contributed by atoms with E-state index in [1.807, 2.05) is 50.2 Å². The molecule has 0 aliphatic rings. The minimum absolute atomic E-state index is 0.0697. The summed E-state index contributed by atoms with van der Waals surface area (Å²) in [4.78, 5) is 16.8. The Hall–Kier alpha value is -3.07. The molecular weight excluding hydrogens is 388 g/mol. The first kappa shape index (κ1) is 20.7. The molecule has 1 unspecified atom stereocenters. The van der Waals surface area contributed by atoms with Crippen molar-refractivity contribution in [2.45, 2.75) is 30.8 Å². The number of carbonyl (C=O) groups excluding carboxylic acids is 1. The number of hydrogen-bond acceptors (Lipinski definition) is 7. The van der Waals surface area contributed by atoms with Crippen molar-refractivity contribution in [2.75, 3.05) is 13.0 Å². The lowest BCUT2D eigenvalue weighted by Crippen LogP contribution is -2.35. The van der Waals surface area contributed by atoms with E-state index in [2.05, 4.69) is 20.5 Å². The van der Waals surface area contributed by atoms with Crippen molar-refractivity contribution >= 4 is 17.7 Å². The number of aromatic nitrogens is 4. The maximum absolute atomic E-state index is 12.8. The Labute approximate surface area is 173 Å². The third kappa shape index (κ3) is 4.86. The van der Waals surface area contributed by atoms with Crippen LogP contribution in [0, 0.1) is 5.92 Å². The predicted octanol–water partition coefficient (Wildman–Crippen LogP) is 2.50. The molecule has 1 amide bonds. The van der Waals surface area contributed by atoms with Crippen LogP contribution in [0.5, 0.6) is 5.75 Å². The van der Waals surface area contributed by atoms with E-state index in [0.717, 1.165) is 11.1 Å². The Morgan fingerprint density at radius 2 is 2.03 bits per heavy atom. The van der Waals surface area contributed by atoms with Crippen LogP contribution in [0.3, 0.4) is 0 Å². The van der Waals surface area contributed by atoms with Gasteiger partial charge in [0.1, 0.15) is 5.75 Å². The Balaban J connectivity index is 1.76. The first-order valence-electron chi connectivity index (χ1n) is 9.18. The number of nitrogens with zero attached hydrogens (tertiary/aromatic N) is 4. The lowest BCUT2D eigenvalue weighted by atomic mass is 10.1. The van der Waals surface area contributed by atoms with Gasteiger partial charge in [-0.25, -0.2) is 4.68 Å². The molecule has 3 N–H and O–H groups in total. The molecule has 2 heterocycles. The van der Waals surface area contributed by atoms with Gasteiger partial charge in [-0.2, -0.15) is 0 Å². The number of nitrogens with two attached hydrogens (primary N) is 1. The molecule has 0 bridgehead atoms. The maximum Gasteiger partial charge on any atom is 0.234 e. The topological polar surface area (TPSA) is 108 Å². The minimum atomic E-state index is -0.372. The Morgan fingerprint density at radius 1 is 1.24 bits per heavy atom. The average Bonchev–Trinajstić information content (AvgIpc) is 3.10. The van der Waals surface area contributed by atoms with Crippen molar-refractivity contribution in [1.29, 1.82) is 0 Å². The summed E-state index contributed by atoms with van der Waals surface area (Å²) in [5, 5.41) is 11.4. The summed E-state index contributed by atoms with van der Waals surface area (Å²) in [5.74, 6) is 7.36. The highest BCUT2D eigenvalue weighted by molar-refractivity contribution is 8.00. The van der Waals surface area contributed by atoms with Gasteiger partial charge < -0.3 is 15.9 Å². The van der Waals surface area contributed by atoms with Crippen molar-refractivity contribution in [3.8, 4) is 17.1 Å². The zero-order valence-corrected chi connectivity index (χ0v) is 17.4. The van der Waals surface area contributed by atoms with Crippen LogP contribution >= 0.6 is 11.8 Å². The Bertz CT molecular complexity index is 961. The van der Waals surface area contributed by atoms with Gasteiger partial charge in [-0.3, -0.25) is 9.78 Å². The highest BCUT2D eigenvalue weighted by atomic mass is 32.2. The van der Waals surface area contributed by atoms with Gasteiger partial charge in [0.05, 0.1) is 17.9 Å². The number of pyridine rings is 1. The fourth-order valence-electron chi connectivity index (χ4n) is 2.77. The molecule has 9 heteroatoms. The quantitative estimate of drug-likeness (QED) is 0.432. The van der Waals surface area contributed by atoms with Crippen LogP contribution in [-0.4, -0.2) is 38.1 Å². The third-order valence-electron chi connectivity index (χ3n) is 4.30. The number of rotatable bonds is 8. The smallest absolute Gasteiger partial charge is 0.234 e. The second kappa shape index (κ2) is 9.42. The number of benzene rings is 1. The first-order chi connectivity index (χ1) is 14.0. The molecule has 0 saturated carbocycles. The van der Waals surface area contributed by atoms with E-state index < -0.39 is 0 Å². The van der Waals surface area contributed by atoms with E-state index in [-0.39, 0.29) is 17.1 Å². The molecule has 3 rings (SSSR count). The summed E-state index contributed by atoms with van der Waals surface area (Å²) in [5.41, 5.74) is 1.67. The summed E-state index contributed by atoms with van der Waals surface area (Å²) in [6, 6.07) is 11.2. The van der Waals surface area contributed by atoms with Gasteiger partial charge >= 0.3 is 0 Å². The fraction of sp³-hybridized carbons (Fsp3) is 0.300. The predicted molar refractivity (Wildman–Crippen MR) is 113 cm³/mol. The monoisotopic (exact) mass is 412 g/mol. The second-order valence-electron chi connectivity index (χ2n) is 6.74. The summed E-state index contributed by atoms with van der Waals surface area (Å²) < 4.78 is 6.78. The molecule has 0 spiro atoms. The average molecular weight is 413 g/mol. The summed E-state index contributed by atoms with van der Waals surface area (Å²) in [6.45, 7) is 4.39. The van der Waals surface area contributed by atoms with Crippen LogP contribution in [0.2, 0.25) is 0 Å². The van der Waals surface area contributed by atoms with E-state index in [0.29, 0.717) is 23.3 Å². The van der Waals surface area contributed by atoms with Gasteiger partial charge in [-0.15, -0.1) is 10.2 Å². The fourth-order valence-corrected chi connectivity index (χ4v) is 3.75. The van der Waals surface area contributed by atoms with Crippen LogP contribution in [0.15, 0.2) is 53.9 Å². The zero-order chi connectivity index (χ0) is 20.8. The van der Waals surface area contributed by atoms with Crippen molar-refractivity contribution in [2.24, 2.45) is 5.92 Å². The van der Waals surface area contributed by atoms with Gasteiger partial charge in [0, 0.05) is 18.9 Å². The number of nitrogen functional groups attached to an aromatic ring is 1. The van der Waals surface area contributed by atoms with Crippen molar-refractivity contribution in [3.63, 3.8) is 0 Å². The molecule has 0 radical (unpaired) electrons. The molecule has 3 aromatic rings. The van der Waals surface area contributed by atoms with Crippen molar-refractivity contribution in [1.82, 2.24) is 25.2 Å². The van der Waals surface area contributed by atoms with Crippen LogP contribution in [0.25, 0.3) is 11.4 Å². The molecule has 0 aliphatic carbocycles. The van der Waals surface area contributed by atoms with Gasteiger partial charge in [0.25, 0.3) is 0 Å². The number of hydrogen-bond donors (Lipinski definition) is 2. The molecule has 152 valence electrons. The molecule has 1 atom stereocenters. The van der Waals surface area contributed by atoms with Crippen LogP contribution < -0.4 is 15.9 Å². The molecule has 8 nitrogen and oxygen atoms in total. The normalized spacial score (nSPS) is 12.0. The number of para-hydroxylation sites is 1. The summed E-state index contributed by atoms with van der Waals surface area (Å²) in [6.07, 6.45) is 3.43. The Kier molecular flexibility index (Phi) is 6.71. The van der Waals surface area contributed by atoms with E-state index in [4.69, 9.17) is 10.6 Å². The number of carbonyl (C=O) groups is 1. The van der Waals surface area contributed by atoms with E-state index in [9.17, 15) is 4.79 Å². The number of nitrogens with one attached hydrogen (secondary N) is 1. The SMILES string of the molecule is COc1ccccc1-c1nnc(SC(C(=O)NCc2cccnc2)C(C)C)n1N. The minimum Gasteiger partial charge on any atom is -0.496 e. The van der Waals surface area contributed by atoms with Gasteiger partial charge in [0.15, 0.2) is 5.82 Å². The molecule has 0 aliphatic heterocycles. The largest absolute Gasteiger partial charge is 0.496 e. The van der Waals surface area contributed by atoms with Gasteiger partial charge in [-0.1, -0.05) is 43.8 Å². The van der Waals surface area contributed by atoms with Crippen LogP contribution in [0.1, 0.15) is 19.4 Å². The molecule has 29 heavy (non-hydrogen) atoms. The molecule has 1 aromatic carbocycles. The lowest BCUT2D eigenvalue weighted by molar-refractivity contribution is -0.121. The highest BCUT2D eigenvalue weighted by Gasteiger charge is 2.27. The molecule has 0 fully saturated rings. The second-order valence-corrected chi connectivity index (χ2v) is 7.85. The molecule has 0 saturated heterocycles. The molecule has 2 aromatic heterocycles. The number of thioether (sulfide) groups is 1. The van der Waals surface area contributed by atoms with Crippen LogP contribution in [0.4, 0.5) is 0 Å². The summed E-state index contributed by atoms with van der Waals surface area (Å²) in [7, 11) is 1.59. The van der Waals surface area contributed by atoms with Crippen molar-refractivity contribution < 1.29 is 9.53 Å².